The molecule has 0 aromatic carbocycles. The Morgan fingerprint density at radius 1 is 1.50 bits per heavy atom. The van der Waals surface area contributed by atoms with Crippen LogP contribution in [-0.4, -0.2) is 54.2 Å². The topological polar surface area (TPSA) is 67.6 Å². The fraction of sp³-hybridized carbons (Fsp3) is 0.933. The number of nitrogens with two attached hydrogens (primary N) is 1. The fourth-order valence-electron chi connectivity index (χ4n) is 3.73. The van der Waals surface area contributed by atoms with Crippen molar-refractivity contribution in [1.82, 2.24) is 10.2 Å². The Hall–Kier alpha value is -0.650. The number of hydrogen-bond donors (Lipinski definition) is 2. The number of ether oxygens (including phenoxy) is 1. The number of carbonyl (C=O) groups excluding carboxylic acids is 1. The standard InChI is InChI=1S/C15H29N3O2/c1-4-17-15(13(16)19)7-5-6-12(10-15)18-8-9-20-14(2,3)11-18/h12,17H,4-11H2,1-3H3,(H2,16,19). The van der Waals surface area contributed by atoms with Crippen LogP contribution in [0, 0.1) is 0 Å². The first-order valence-corrected chi connectivity index (χ1v) is 7.81. The van der Waals surface area contributed by atoms with Gasteiger partial charge in [0, 0.05) is 19.1 Å². The normalized spacial score (nSPS) is 34.9. The summed E-state index contributed by atoms with van der Waals surface area (Å²) in [6.07, 6.45) is 3.89. The monoisotopic (exact) mass is 283 g/mol. The van der Waals surface area contributed by atoms with Gasteiger partial charge in [-0.15, -0.1) is 0 Å². The van der Waals surface area contributed by atoms with E-state index >= 15 is 0 Å². The van der Waals surface area contributed by atoms with Gasteiger partial charge in [0.2, 0.25) is 5.91 Å². The molecule has 1 saturated carbocycles. The molecule has 116 valence electrons. The molecule has 1 aliphatic carbocycles. The van der Waals surface area contributed by atoms with E-state index in [-0.39, 0.29) is 11.5 Å². The minimum atomic E-state index is -0.514. The largest absolute Gasteiger partial charge is 0.373 e. The number of likely N-dealkylation sites (N-methyl/N-ethyl adjacent to an activating group) is 1. The first-order chi connectivity index (χ1) is 9.38. The lowest BCUT2D eigenvalue weighted by atomic mass is 9.77. The van der Waals surface area contributed by atoms with Crippen LogP contribution in [0.4, 0.5) is 0 Å². The van der Waals surface area contributed by atoms with E-state index in [1.807, 2.05) is 6.92 Å². The summed E-state index contributed by atoms with van der Waals surface area (Å²) in [4.78, 5) is 14.4. The summed E-state index contributed by atoms with van der Waals surface area (Å²) in [5.41, 5.74) is 5.08. The van der Waals surface area contributed by atoms with Gasteiger partial charge in [0.1, 0.15) is 0 Å². The van der Waals surface area contributed by atoms with Crippen LogP contribution in [0.1, 0.15) is 46.5 Å². The third-order valence-electron chi connectivity index (χ3n) is 4.68. The maximum Gasteiger partial charge on any atom is 0.237 e. The van der Waals surface area contributed by atoms with Crippen molar-refractivity contribution in [2.24, 2.45) is 5.73 Å². The maximum absolute atomic E-state index is 11.9. The van der Waals surface area contributed by atoms with E-state index in [1.54, 1.807) is 0 Å². The average Bonchev–Trinajstić information content (AvgIpc) is 2.38. The van der Waals surface area contributed by atoms with Crippen LogP contribution in [0.25, 0.3) is 0 Å². The molecule has 0 aromatic rings. The summed E-state index contributed by atoms with van der Waals surface area (Å²) in [5.74, 6) is -0.198. The summed E-state index contributed by atoms with van der Waals surface area (Å²) in [7, 11) is 0. The predicted molar refractivity (Wildman–Crippen MR) is 79.5 cm³/mol. The van der Waals surface area contributed by atoms with Crippen molar-refractivity contribution >= 4 is 5.91 Å². The van der Waals surface area contributed by atoms with Crippen molar-refractivity contribution in [2.45, 2.75) is 63.6 Å². The summed E-state index contributed by atoms with van der Waals surface area (Å²) >= 11 is 0. The Kier molecular flexibility index (Phi) is 4.72. The molecule has 2 aliphatic rings. The Balaban J connectivity index is 2.07. The number of morpholine rings is 1. The van der Waals surface area contributed by atoms with Gasteiger partial charge in [0.05, 0.1) is 17.7 Å². The molecule has 0 spiro atoms. The Labute approximate surface area is 122 Å². The molecule has 0 bridgehead atoms. The molecule has 1 amide bonds. The minimum Gasteiger partial charge on any atom is -0.373 e. The van der Waals surface area contributed by atoms with Gasteiger partial charge in [-0.3, -0.25) is 9.69 Å². The molecular weight excluding hydrogens is 254 g/mol. The summed E-state index contributed by atoms with van der Waals surface area (Å²) in [6, 6.07) is 0.429. The van der Waals surface area contributed by atoms with Gasteiger partial charge in [-0.2, -0.15) is 0 Å². The van der Waals surface area contributed by atoms with Crippen LogP contribution in [0.15, 0.2) is 0 Å². The maximum atomic E-state index is 11.9. The van der Waals surface area contributed by atoms with E-state index in [4.69, 9.17) is 10.5 Å². The van der Waals surface area contributed by atoms with Crippen LogP contribution < -0.4 is 11.1 Å². The van der Waals surface area contributed by atoms with Crippen LogP contribution in [-0.2, 0) is 9.53 Å². The lowest BCUT2D eigenvalue weighted by Gasteiger charge is -2.47. The fourth-order valence-corrected chi connectivity index (χ4v) is 3.73. The van der Waals surface area contributed by atoms with Gasteiger partial charge in [-0.1, -0.05) is 6.92 Å². The molecular formula is C15H29N3O2. The van der Waals surface area contributed by atoms with Gasteiger partial charge < -0.3 is 15.8 Å². The zero-order valence-corrected chi connectivity index (χ0v) is 13.1. The van der Waals surface area contributed by atoms with E-state index in [0.717, 1.165) is 51.9 Å². The summed E-state index contributed by atoms with van der Waals surface area (Å²) < 4.78 is 5.78. The quantitative estimate of drug-likeness (QED) is 0.803. The molecule has 2 atom stereocenters. The minimum absolute atomic E-state index is 0.0940. The SMILES string of the molecule is CCNC1(C(N)=O)CCCC(N2CCOC(C)(C)C2)C1. The van der Waals surface area contributed by atoms with Crippen molar-refractivity contribution < 1.29 is 9.53 Å². The van der Waals surface area contributed by atoms with Crippen molar-refractivity contribution in [2.75, 3.05) is 26.2 Å². The van der Waals surface area contributed by atoms with Gasteiger partial charge in [-0.25, -0.2) is 0 Å². The van der Waals surface area contributed by atoms with Crippen molar-refractivity contribution in [3.63, 3.8) is 0 Å². The smallest absolute Gasteiger partial charge is 0.237 e. The zero-order valence-electron chi connectivity index (χ0n) is 13.1. The highest BCUT2D eigenvalue weighted by molar-refractivity contribution is 5.84. The van der Waals surface area contributed by atoms with Gasteiger partial charge in [0.25, 0.3) is 0 Å². The Bertz CT molecular complexity index is 355. The second-order valence-corrected chi connectivity index (χ2v) is 6.81. The summed E-state index contributed by atoms with van der Waals surface area (Å²) in [6.45, 7) is 9.74. The highest BCUT2D eigenvalue weighted by atomic mass is 16.5. The molecule has 1 saturated heterocycles. The molecule has 2 rings (SSSR count). The van der Waals surface area contributed by atoms with E-state index in [2.05, 4.69) is 24.1 Å². The number of primary amides is 1. The predicted octanol–water partition coefficient (Wildman–Crippen LogP) is 0.873. The zero-order chi connectivity index (χ0) is 14.8. The van der Waals surface area contributed by atoms with Crippen LogP contribution in [0.3, 0.4) is 0 Å². The van der Waals surface area contributed by atoms with Crippen molar-refractivity contribution in [3.05, 3.63) is 0 Å². The highest BCUT2D eigenvalue weighted by Crippen LogP contribution is 2.33. The second kappa shape index (κ2) is 6.00. The number of rotatable bonds is 4. The lowest BCUT2D eigenvalue weighted by molar-refractivity contribution is -0.129. The first kappa shape index (κ1) is 15.7. The van der Waals surface area contributed by atoms with Gasteiger partial charge in [-0.05, 0) is 46.1 Å². The Morgan fingerprint density at radius 3 is 2.85 bits per heavy atom. The highest BCUT2D eigenvalue weighted by Gasteiger charge is 2.43. The molecule has 20 heavy (non-hydrogen) atoms. The van der Waals surface area contributed by atoms with Gasteiger partial charge >= 0.3 is 0 Å². The molecule has 0 aromatic heterocycles. The molecule has 1 aliphatic heterocycles. The van der Waals surface area contributed by atoms with Gasteiger partial charge in [0.15, 0.2) is 0 Å². The first-order valence-electron chi connectivity index (χ1n) is 7.81. The van der Waals surface area contributed by atoms with E-state index in [1.165, 1.54) is 0 Å². The van der Waals surface area contributed by atoms with Crippen LogP contribution >= 0.6 is 0 Å². The average molecular weight is 283 g/mol. The van der Waals surface area contributed by atoms with Crippen molar-refractivity contribution in [1.29, 1.82) is 0 Å². The van der Waals surface area contributed by atoms with Crippen molar-refractivity contribution in [3.8, 4) is 0 Å². The number of carbonyl (C=O) groups is 1. The third kappa shape index (κ3) is 3.32. The van der Waals surface area contributed by atoms with E-state index in [0.29, 0.717) is 6.04 Å². The number of nitrogens with one attached hydrogen (secondary N) is 1. The lowest BCUT2D eigenvalue weighted by Crippen LogP contribution is -2.62. The Morgan fingerprint density at radius 2 is 2.25 bits per heavy atom. The molecule has 3 N–H and O–H groups in total. The number of amides is 1. The van der Waals surface area contributed by atoms with Crippen LogP contribution in [0.5, 0.6) is 0 Å². The second-order valence-electron chi connectivity index (χ2n) is 6.81. The molecule has 2 unspecified atom stereocenters. The number of nitrogens with zero attached hydrogens (tertiary/aromatic N) is 1. The van der Waals surface area contributed by atoms with E-state index in [9.17, 15) is 4.79 Å². The molecule has 2 fully saturated rings. The summed E-state index contributed by atoms with van der Waals surface area (Å²) in [5, 5.41) is 3.35. The molecule has 1 heterocycles. The molecule has 0 radical (unpaired) electrons. The molecule has 5 nitrogen and oxygen atoms in total. The van der Waals surface area contributed by atoms with E-state index < -0.39 is 5.54 Å². The molecule has 5 heteroatoms. The number of hydrogen-bond acceptors (Lipinski definition) is 4. The third-order valence-corrected chi connectivity index (χ3v) is 4.68. The van der Waals surface area contributed by atoms with Crippen LogP contribution in [0.2, 0.25) is 0 Å².